The van der Waals surface area contributed by atoms with Crippen molar-refractivity contribution in [3.05, 3.63) is 81.6 Å². The number of hydrogen-bond donors (Lipinski definition) is 0. The van der Waals surface area contributed by atoms with Crippen molar-refractivity contribution in [2.24, 2.45) is 4.99 Å². The lowest BCUT2D eigenvalue weighted by Gasteiger charge is -2.09. The predicted octanol–water partition coefficient (Wildman–Crippen LogP) is 5.75. The lowest BCUT2D eigenvalue weighted by molar-refractivity contribution is 0.306. The van der Waals surface area contributed by atoms with Crippen molar-refractivity contribution in [1.29, 1.82) is 5.26 Å². The third-order valence-corrected chi connectivity index (χ3v) is 4.28. The normalized spacial score (nSPS) is 10.8. The minimum absolute atomic E-state index is 0.315. The van der Waals surface area contributed by atoms with Crippen LogP contribution in [0.3, 0.4) is 0 Å². The highest BCUT2D eigenvalue weighted by atomic mass is 35.5. The van der Waals surface area contributed by atoms with Gasteiger partial charge >= 0.3 is 0 Å². The minimum atomic E-state index is 0.315. The molecule has 0 aliphatic carbocycles. The van der Waals surface area contributed by atoms with E-state index >= 15 is 0 Å². The van der Waals surface area contributed by atoms with Gasteiger partial charge in [-0.15, -0.1) is 0 Å². The molecule has 26 heavy (non-hydrogen) atoms. The average Bonchev–Trinajstić information content (AvgIpc) is 2.93. The van der Waals surface area contributed by atoms with Crippen LogP contribution in [0.5, 0.6) is 5.75 Å². The summed E-state index contributed by atoms with van der Waals surface area (Å²) in [5.41, 5.74) is 3.09. The monoisotopic (exact) mass is 364 g/mol. The number of nitrogens with zero attached hydrogens (tertiary/aromatic N) is 2. The SMILES string of the molecule is Cc1oc(N=Cc2ccccc2OCc2ccc(Cl)cc2)c(C#N)c1C. The quantitative estimate of drug-likeness (QED) is 0.541. The molecular formula is C21H17ClN2O2. The Balaban J connectivity index is 1.80. The van der Waals surface area contributed by atoms with E-state index in [2.05, 4.69) is 11.1 Å². The Kier molecular flexibility index (Phi) is 5.40. The van der Waals surface area contributed by atoms with Gasteiger partial charge in [0.2, 0.25) is 5.88 Å². The van der Waals surface area contributed by atoms with Gasteiger partial charge in [0.1, 0.15) is 29.7 Å². The molecule has 1 aromatic heterocycles. The molecule has 0 spiro atoms. The van der Waals surface area contributed by atoms with Crippen molar-refractivity contribution in [2.45, 2.75) is 20.5 Å². The highest BCUT2D eigenvalue weighted by Gasteiger charge is 2.13. The first-order valence-corrected chi connectivity index (χ1v) is 8.46. The Morgan fingerprint density at radius 1 is 1.15 bits per heavy atom. The van der Waals surface area contributed by atoms with Crippen LogP contribution in [0.15, 0.2) is 57.9 Å². The minimum Gasteiger partial charge on any atom is -0.488 e. The molecule has 0 saturated heterocycles. The molecule has 3 aromatic rings. The Morgan fingerprint density at radius 2 is 1.88 bits per heavy atom. The van der Waals surface area contributed by atoms with Crippen LogP contribution in [0.25, 0.3) is 0 Å². The van der Waals surface area contributed by atoms with Gasteiger partial charge in [-0.05, 0) is 43.7 Å². The van der Waals surface area contributed by atoms with E-state index in [9.17, 15) is 5.26 Å². The summed E-state index contributed by atoms with van der Waals surface area (Å²) >= 11 is 5.90. The summed E-state index contributed by atoms with van der Waals surface area (Å²) in [6, 6.07) is 17.2. The van der Waals surface area contributed by atoms with Gasteiger partial charge in [0.25, 0.3) is 0 Å². The molecule has 0 atom stereocenters. The Labute approximate surface area is 157 Å². The average molecular weight is 365 g/mol. The van der Waals surface area contributed by atoms with Gasteiger partial charge < -0.3 is 9.15 Å². The topological polar surface area (TPSA) is 58.5 Å². The number of ether oxygens (including phenoxy) is 1. The first kappa shape index (κ1) is 17.8. The van der Waals surface area contributed by atoms with Gasteiger partial charge in [-0.2, -0.15) is 5.26 Å². The van der Waals surface area contributed by atoms with Crippen LogP contribution >= 0.6 is 11.6 Å². The largest absolute Gasteiger partial charge is 0.488 e. The molecule has 0 aliphatic rings. The first-order valence-electron chi connectivity index (χ1n) is 8.09. The number of nitriles is 1. The molecule has 0 N–H and O–H groups in total. The van der Waals surface area contributed by atoms with Crippen molar-refractivity contribution >= 4 is 23.7 Å². The molecule has 0 radical (unpaired) electrons. The molecule has 3 rings (SSSR count). The second-order valence-corrected chi connectivity index (χ2v) is 6.22. The van der Waals surface area contributed by atoms with Crippen molar-refractivity contribution in [3.8, 4) is 11.8 Å². The molecule has 130 valence electrons. The number of halogens is 1. The van der Waals surface area contributed by atoms with Crippen LogP contribution in [0.1, 0.15) is 28.0 Å². The van der Waals surface area contributed by atoms with E-state index < -0.39 is 0 Å². The van der Waals surface area contributed by atoms with Crippen LogP contribution in [0, 0.1) is 25.2 Å². The van der Waals surface area contributed by atoms with E-state index in [1.807, 2.05) is 62.4 Å². The fourth-order valence-corrected chi connectivity index (χ4v) is 2.55. The fourth-order valence-electron chi connectivity index (χ4n) is 2.42. The summed E-state index contributed by atoms with van der Waals surface area (Å²) in [7, 11) is 0. The summed E-state index contributed by atoms with van der Waals surface area (Å²) in [6.07, 6.45) is 1.65. The Bertz CT molecular complexity index is 982. The highest BCUT2D eigenvalue weighted by molar-refractivity contribution is 6.30. The van der Waals surface area contributed by atoms with Crippen LogP contribution in [0.4, 0.5) is 5.88 Å². The van der Waals surface area contributed by atoms with Crippen molar-refractivity contribution < 1.29 is 9.15 Å². The zero-order chi connectivity index (χ0) is 18.5. The van der Waals surface area contributed by atoms with Crippen molar-refractivity contribution in [3.63, 3.8) is 0 Å². The maximum absolute atomic E-state index is 9.28. The van der Waals surface area contributed by atoms with Crippen molar-refractivity contribution in [2.75, 3.05) is 0 Å². The van der Waals surface area contributed by atoms with Gasteiger partial charge in [-0.25, -0.2) is 4.99 Å². The summed E-state index contributed by atoms with van der Waals surface area (Å²) in [4.78, 5) is 4.34. The van der Waals surface area contributed by atoms with Gasteiger partial charge in [0, 0.05) is 22.4 Å². The number of aliphatic imine (C=N–C) groups is 1. The molecule has 0 saturated carbocycles. The molecule has 2 aromatic carbocycles. The van der Waals surface area contributed by atoms with Gasteiger partial charge in [-0.1, -0.05) is 35.9 Å². The number of rotatable bonds is 5. The number of hydrogen-bond acceptors (Lipinski definition) is 4. The zero-order valence-electron chi connectivity index (χ0n) is 14.5. The third-order valence-electron chi connectivity index (χ3n) is 4.03. The van der Waals surface area contributed by atoms with E-state index in [4.69, 9.17) is 20.8 Å². The van der Waals surface area contributed by atoms with Crippen molar-refractivity contribution in [1.82, 2.24) is 0 Å². The second-order valence-electron chi connectivity index (χ2n) is 5.79. The molecule has 1 heterocycles. The summed E-state index contributed by atoms with van der Waals surface area (Å²) < 4.78 is 11.5. The maximum atomic E-state index is 9.28. The molecule has 0 unspecified atom stereocenters. The zero-order valence-corrected chi connectivity index (χ0v) is 15.2. The number of benzene rings is 2. The molecule has 0 aliphatic heterocycles. The van der Waals surface area contributed by atoms with E-state index in [1.54, 1.807) is 6.21 Å². The lowest BCUT2D eigenvalue weighted by Crippen LogP contribution is -1.98. The lowest BCUT2D eigenvalue weighted by atomic mass is 10.2. The van der Waals surface area contributed by atoms with E-state index in [0.29, 0.717) is 34.6 Å². The predicted molar refractivity (Wildman–Crippen MR) is 102 cm³/mol. The summed E-state index contributed by atoms with van der Waals surface area (Å²) in [5, 5.41) is 9.97. The number of furan rings is 1. The van der Waals surface area contributed by atoms with E-state index in [1.165, 1.54) is 0 Å². The Hall–Kier alpha value is -3.03. The van der Waals surface area contributed by atoms with Crippen LogP contribution < -0.4 is 4.74 Å². The van der Waals surface area contributed by atoms with Gasteiger partial charge in [0.05, 0.1) is 0 Å². The molecular weight excluding hydrogens is 348 g/mol. The molecule has 0 fully saturated rings. The molecule has 5 heteroatoms. The number of aryl methyl sites for hydroxylation is 1. The maximum Gasteiger partial charge on any atom is 0.237 e. The van der Waals surface area contributed by atoms with E-state index in [0.717, 1.165) is 16.7 Å². The third kappa shape index (κ3) is 3.96. The molecule has 4 nitrogen and oxygen atoms in total. The van der Waals surface area contributed by atoms with Crippen LogP contribution in [0.2, 0.25) is 5.02 Å². The van der Waals surface area contributed by atoms with Gasteiger partial charge in [-0.3, -0.25) is 0 Å². The molecule has 0 amide bonds. The Morgan fingerprint density at radius 3 is 2.62 bits per heavy atom. The highest BCUT2D eigenvalue weighted by Crippen LogP contribution is 2.28. The van der Waals surface area contributed by atoms with Gasteiger partial charge in [0.15, 0.2) is 0 Å². The van der Waals surface area contributed by atoms with Crippen LogP contribution in [-0.4, -0.2) is 6.21 Å². The second kappa shape index (κ2) is 7.90. The summed E-state index contributed by atoms with van der Waals surface area (Å²) in [6.45, 7) is 4.09. The number of para-hydroxylation sites is 1. The first-order chi connectivity index (χ1) is 12.6. The fraction of sp³-hybridized carbons (Fsp3) is 0.143. The van der Waals surface area contributed by atoms with E-state index in [-0.39, 0.29) is 0 Å². The van der Waals surface area contributed by atoms with Crippen LogP contribution in [-0.2, 0) is 6.61 Å². The smallest absolute Gasteiger partial charge is 0.237 e. The standard InChI is InChI=1S/C21H17ClN2O2/c1-14-15(2)26-21(19(14)11-23)24-12-17-5-3-4-6-20(17)25-13-16-7-9-18(22)10-8-16/h3-10,12H,13H2,1-2H3. The summed E-state index contributed by atoms with van der Waals surface area (Å²) in [5.74, 6) is 1.71. The molecule has 0 bridgehead atoms.